The van der Waals surface area contributed by atoms with E-state index < -0.39 is 0 Å². The normalized spacial score (nSPS) is 10.0. The van der Waals surface area contributed by atoms with Crippen molar-refractivity contribution >= 4 is 6.29 Å². The maximum atomic E-state index is 11.0. The van der Waals surface area contributed by atoms with Crippen molar-refractivity contribution in [2.24, 2.45) is 0 Å². The van der Waals surface area contributed by atoms with Gasteiger partial charge in [0.25, 0.3) is 0 Å². The largest absolute Gasteiger partial charge is 0.496 e. The fourth-order valence-electron chi connectivity index (χ4n) is 1.74. The van der Waals surface area contributed by atoms with Crippen LogP contribution in [0.2, 0.25) is 0 Å². The Balaban J connectivity index is 2.66. The summed E-state index contributed by atoms with van der Waals surface area (Å²) in [6.07, 6.45) is 2.48. The first kappa shape index (κ1) is 11.3. The maximum Gasteiger partial charge on any atom is 0.152 e. The average Bonchev–Trinajstić information content (AvgIpc) is 2.38. The van der Waals surface area contributed by atoms with Gasteiger partial charge in [0.1, 0.15) is 5.75 Å². The van der Waals surface area contributed by atoms with Crippen LogP contribution in [0.15, 0.2) is 36.5 Å². The summed E-state index contributed by atoms with van der Waals surface area (Å²) in [7, 11) is 1.61. The fraction of sp³-hybridized carbons (Fsp3) is 0.143. The van der Waals surface area contributed by atoms with Crippen molar-refractivity contribution in [3.8, 4) is 17.0 Å². The Morgan fingerprint density at radius 1 is 1.29 bits per heavy atom. The topological polar surface area (TPSA) is 39.2 Å². The lowest BCUT2D eigenvalue weighted by Gasteiger charge is -2.10. The predicted octanol–water partition coefficient (Wildman–Crippen LogP) is 2.88. The van der Waals surface area contributed by atoms with Gasteiger partial charge in [0.05, 0.1) is 12.8 Å². The monoisotopic (exact) mass is 227 g/mol. The van der Waals surface area contributed by atoms with Crippen LogP contribution in [-0.2, 0) is 0 Å². The molecule has 0 N–H and O–H groups in total. The Labute approximate surface area is 100 Å². The Kier molecular flexibility index (Phi) is 3.19. The van der Waals surface area contributed by atoms with Gasteiger partial charge in [-0.1, -0.05) is 11.6 Å². The molecule has 86 valence electrons. The molecular formula is C14H13NO2. The Bertz CT molecular complexity index is 550. The number of hydrogen-bond donors (Lipinski definition) is 0. The molecule has 0 aliphatic heterocycles. The van der Waals surface area contributed by atoms with Crippen LogP contribution in [0.1, 0.15) is 15.9 Å². The van der Waals surface area contributed by atoms with Crippen LogP contribution in [0.4, 0.5) is 0 Å². The van der Waals surface area contributed by atoms with Crippen molar-refractivity contribution in [1.82, 2.24) is 4.98 Å². The summed E-state index contributed by atoms with van der Waals surface area (Å²) in [5.41, 5.74) is 3.16. The highest BCUT2D eigenvalue weighted by Crippen LogP contribution is 2.30. The molecule has 3 nitrogen and oxygen atoms in total. The zero-order valence-corrected chi connectivity index (χ0v) is 9.81. The van der Waals surface area contributed by atoms with Gasteiger partial charge < -0.3 is 4.74 Å². The number of pyridine rings is 1. The number of aldehydes is 1. The zero-order chi connectivity index (χ0) is 12.3. The Morgan fingerprint density at radius 3 is 2.82 bits per heavy atom. The summed E-state index contributed by atoms with van der Waals surface area (Å²) < 4.78 is 5.30. The Morgan fingerprint density at radius 2 is 2.12 bits per heavy atom. The van der Waals surface area contributed by atoms with Crippen molar-refractivity contribution in [2.75, 3.05) is 7.11 Å². The molecule has 0 spiro atoms. The molecule has 1 heterocycles. The second-order valence-corrected chi connectivity index (χ2v) is 3.76. The number of rotatable bonds is 3. The summed E-state index contributed by atoms with van der Waals surface area (Å²) in [5, 5.41) is 0. The third kappa shape index (κ3) is 2.18. The van der Waals surface area contributed by atoms with E-state index in [0.717, 1.165) is 23.2 Å². The number of nitrogens with zero attached hydrogens (tertiary/aromatic N) is 1. The lowest BCUT2D eigenvalue weighted by Crippen LogP contribution is -1.95. The van der Waals surface area contributed by atoms with Gasteiger partial charge in [-0.05, 0) is 31.2 Å². The van der Waals surface area contributed by atoms with Gasteiger partial charge in [0.15, 0.2) is 6.29 Å². The molecule has 0 saturated heterocycles. The minimum atomic E-state index is 0.566. The van der Waals surface area contributed by atoms with E-state index in [2.05, 4.69) is 4.98 Å². The van der Waals surface area contributed by atoms with Crippen molar-refractivity contribution in [1.29, 1.82) is 0 Å². The molecule has 1 aromatic heterocycles. The van der Waals surface area contributed by atoms with Gasteiger partial charge in [-0.15, -0.1) is 0 Å². The fourth-order valence-corrected chi connectivity index (χ4v) is 1.74. The van der Waals surface area contributed by atoms with Crippen LogP contribution in [0.5, 0.6) is 5.75 Å². The van der Waals surface area contributed by atoms with Crippen molar-refractivity contribution < 1.29 is 9.53 Å². The first-order valence-corrected chi connectivity index (χ1v) is 5.31. The number of carbonyl (C=O) groups excluding carboxylic acids is 1. The van der Waals surface area contributed by atoms with Gasteiger partial charge in [0.2, 0.25) is 0 Å². The number of aromatic nitrogens is 1. The zero-order valence-electron chi connectivity index (χ0n) is 9.81. The van der Waals surface area contributed by atoms with Crippen LogP contribution in [0.3, 0.4) is 0 Å². The lowest BCUT2D eigenvalue weighted by atomic mass is 10.0. The van der Waals surface area contributed by atoms with Gasteiger partial charge in [-0.25, -0.2) is 0 Å². The second kappa shape index (κ2) is 4.78. The van der Waals surface area contributed by atoms with E-state index >= 15 is 0 Å². The maximum absolute atomic E-state index is 11.0. The SMILES string of the molecule is COc1ccc(C)cc1-c1ncccc1C=O. The molecule has 0 amide bonds. The Hall–Kier alpha value is -2.16. The summed E-state index contributed by atoms with van der Waals surface area (Å²) in [6, 6.07) is 9.31. The third-order valence-corrected chi connectivity index (χ3v) is 2.58. The minimum absolute atomic E-state index is 0.566. The molecule has 0 bridgehead atoms. The summed E-state index contributed by atoms with van der Waals surface area (Å²) in [6.45, 7) is 1.99. The van der Waals surface area contributed by atoms with E-state index in [-0.39, 0.29) is 0 Å². The van der Waals surface area contributed by atoms with E-state index in [1.807, 2.05) is 25.1 Å². The molecule has 0 radical (unpaired) electrons. The quantitative estimate of drug-likeness (QED) is 0.757. The van der Waals surface area contributed by atoms with Crippen LogP contribution in [0, 0.1) is 6.92 Å². The molecule has 1 aromatic carbocycles. The van der Waals surface area contributed by atoms with Crippen LogP contribution < -0.4 is 4.74 Å². The van der Waals surface area contributed by atoms with Crippen molar-refractivity contribution in [2.45, 2.75) is 6.92 Å². The molecule has 0 unspecified atom stereocenters. The molecule has 3 heteroatoms. The molecule has 2 rings (SSSR count). The second-order valence-electron chi connectivity index (χ2n) is 3.76. The number of methoxy groups -OCH3 is 1. The van der Waals surface area contributed by atoms with Gasteiger partial charge in [-0.2, -0.15) is 0 Å². The number of aryl methyl sites for hydroxylation is 1. The minimum Gasteiger partial charge on any atom is -0.496 e. The van der Waals surface area contributed by atoms with E-state index in [1.54, 1.807) is 25.4 Å². The van der Waals surface area contributed by atoms with Crippen molar-refractivity contribution in [3.63, 3.8) is 0 Å². The molecule has 0 fully saturated rings. The van der Waals surface area contributed by atoms with E-state index in [4.69, 9.17) is 4.74 Å². The van der Waals surface area contributed by atoms with Gasteiger partial charge in [-0.3, -0.25) is 9.78 Å². The first-order chi connectivity index (χ1) is 8.26. The van der Waals surface area contributed by atoms with E-state index in [9.17, 15) is 4.79 Å². The summed E-state index contributed by atoms with van der Waals surface area (Å²) in [4.78, 5) is 15.3. The summed E-state index contributed by atoms with van der Waals surface area (Å²) >= 11 is 0. The molecule has 0 aliphatic rings. The lowest BCUT2D eigenvalue weighted by molar-refractivity contribution is 0.112. The standard InChI is InChI=1S/C14H13NO2/c1-10-5-6-13(17-2)12(8-10)14-11(9-16)4-3-7-15-14/h3-9H,1-2H3. The highest BCUT2D eigenvalue weighted by atomic mass is 16.5. The molecule has 0 saturated carbocycles. The predicted molar refractivity (Wildman–Crippen MR) is 66.3 cm³/mol. The highest BCUT2D eigenvalue weighted by Gasteiger charge is 2.11. The van der Waals surface area contributed by atoms with Crippen LogP contribution >= 0.6 is 0 Å². The smallest absolute Gasteiger partial charge is 0.152 e. The summed E-state index contributed by atoms with van der Waals surface area (Å²) in [5.74, 6) is 0.720. The molecule has 17 heavy (non-hydrogen) atoms. The molecule has 0 aliphatic carbocycles. The average molecular weight is 227 g/mol. The van der Waals surface area contributed by atoms with Crippen LogP contribution in [-0.4, -0.2) is 18.4 Å². The third-order valence-electron chi connectivity index (χ3n) is 2.58. The number of benzene rings is 1. The first-order valence-electron chi connectivity index (χ1n) is 5.31. The van der Waals surface area contributed by atoms with Gasteiger partial charge in [0, 0.05) is 17.3 Å². The number of hydrogen-bond acceptors (Lipinski definition) is 3. The van der Waals surface area contributed by atoms with Crippen molar-refractivity contribution in [3.05, 3.63) is 47.7 Å². The van der Waals surface area contributed by atoms with Crippen LogP contribution in [0.25, 0.3) is 11.3 Å². The molecule has 0 atom stereocenters. The molecule has 2 aromatic rings. The number of carbonyl (C=O) groups is 1. The number of ether oxygens (including phenoxy) is 1. The van der Waals surface area contributed by atoms with E-state index in [0.29, 0.717) is 11.3 Å². The van der Waals surface area contributed by atoms with E-state index in [1.165, 1.54) is 0 Å². The van der Waals surface area contributed by atoms with Gasteiger partial charge >= 0.3 is 0 Å². The highest BCUT2D eigenvalue weighted by molar-refractivity contribution is 5.87. The molecular weight excluding hydrogens is 214 g/mol.